The SMILES string of the molecule is Cc1cccc(CC2(N)CCCC(C)CC2)c1. The largest absolute Gasteiger partial charge is 0.325 e. The van der Waals surface area contributed by atoms with Gasteiger partial charge in [-0.25, -0.2) is 0 Å². The Bertz CT molecular complexity index is 372. The number of nitrogens with two attached hydrogens (primary N) is 1. The van der Waals surface area contributed by atoms with Gasteiger partial charge in [0.15, 0.2) is 0 Å². The van der Waals surface area contributed by atoms with Crippen LogP contribution in [0.4, 0.5) is 0 Å². The molecule has 2 atom stereocenters. The summed E-state index contributed by atoms with van der Waals surface area (Å²) in [7, 11) is 0. The summed E-state index contributed by atoms with van der Waals surface area (Å²) in [6.45, 7) is 4.51. The Balaban J connectivity index is 2.06. The molecular weight excluding hydrogens is 206 g/mol. The molecule has 0 aliphatic heterocycles. The minimum Gasteiger partial charge on any atom is -0.325 e. The minimum atomic E-state index is 0.0402. The smallest absolute Gasteiger partial charge is 0.0195 e. The van der Waals surface area contributed by atoms with E-state index in [9.17, 15) is 0 Å². The van der Waals surface area contributed by atoms with Crippen LogP contribution < -0.4 is 5.73 Å². The van der Waals surface area contributed by atoms with Crippen LogP contribution in [-0.2, 0) is 6.42 Å². The Morgan fingerprint density at radius 2 is 2.12 bits per heavy atom. The van der Waals surface area contributed by atoms with Gasteiger partial charge in [0.1, 0.15) is 0 Å². The summed E-state index contributed by atoms with van der Waals surface area (Å²) in [6, 6.07) is 8.80. The van der Waals surface area contributed by atoms with E-state index in [4.69, 9.17) is 5.73 Å². The first-order valence-corrected chi connectivity index (χ1v) is 6.92. The topological polar surface area (TPSA) is 26.0 Å². The van der Waals surface area contributed by atoms with E-state index in [1.54, 1.807) is 0 Å². The highest BCUT2D eigenvalue weighted by molar-refractivity contribution is 5.24. The van der Waals surface area contributed by atoms with Crippen molar-refractivity contribution in [3.8, 4) is 0 Å². The average molecular weight is 231 g/mol. The Labute approximate surface area is 105 Å². The van der Waals surface area contributed by atoms with Gasteiger partial charge in [-0.05, 0) is 44.1 Å². The quantitative estimate of drug-likeness (QED) is 0.769. The van der Waals surface area contributed by atoms with Crippen molar-refractivity contribution >= 4 is 0 Å². The fourth-order valence-electron chi connectivity index (χ4n) is 3.01. The molecule has 17 heavy (non-hydrogen) atoms. The van der Waals surface area contributed by atoms with Crippen molar-refractivity contribution < 1.29 is 0 Å². The molecule has 1 aromatic carbocycles. The lowest BCUT2D eigenvalue weighted by Gasteiger charge is -2.28. The lowest BCUT2D eigenvalue weighted by molar-refractivity contribution is 0.363. The molecule has 0 bridgehead atoms. The van der Waals surface area contributed by atoms with E-state index in [1.165, 1.54) is 43.2 Å². The van der Waals surface area contributed by atoms with E-state index in [0.717, 1.165) is 12.3 Å². The third-order valence-corrected chi connectivity index (χ3v) is 4.15. The maximum atomic E-state index is 6.60. The summed E-state index contributed by atoms with van der Waals surface area (Å²) in [5.41, 5.74) is 9.39. The van der Waals surface area contributed by atoms with Gasteiger partial charge in [0.2, 0.25) is 0 Å². The van der Waals surface area contributed by atoms with Crippen LogP contribution in [0.3, 0.4) is 0 Å². The zero-order valence-electron chi connectivity index (χ0n) is 11.2. The zero-order chi connectivity index (χ0) is 12.3. The first kappa shape index (κ1) is 12.6. The Morgan fingerprint density at radius 1 is 1.29 bits per heavy atom. The van der Waals surface area contributed by atoms with Crippen LogP contribution in [0.2, 0.25) is 0 Å². The predicted molar refractivity (Wildman–Crippen MR) is 74.1 cm³/mol. The highest BCUT2D eigenvalue weighted by atomic mass is 14.7. The highest BCUT2D eigenvalue weighted by Gasteiger charge is 2.28. The first-order chi connectivity index (χ1) is 8.07. The lowest BCUT2D eigenvalue weighted by atomic mass is 9.84. The summed E-state index contributed by atoms with van der Waals surface area (Å²) in [4.78, 5) is 0. The molecule has 2 rings (SSSR count). The summed E-state index contributed by atoms with van der Waals surface area (Å²) >= 11 is 0. The van der Waals surface area contributed by atoms with Gasteiger partial charge in [0, 0.05) is 5.54 Å². The van der Waals surface area contributed by atoms with Crippen molar-refractivity contribution in [2.24, 2.45) is 11.7 Å². The molecule has 1 aliphatic carbocycles. The summed E-state index contributed by atoms with van der Waals surface area (Å²) < 4.78 is 0. The Morgan fingerprint density at radius 3 is 2.88 bits per heavy atom. The molecule has 0 radical (unpaired) electrons. The third kappa shape index (κ3) is 3.57. The second kappa shape index (κ2) is 5.22. The molecule has 0 heterocycles. The number of hydrogen-bond acceptors (Lipinski definition) is 1. The number of rotatable bonds is 2. The molecule has 2 N–H and O–H groups in total. The number of aryl methyl sites for hydroxylation is 1. The predicted octanol–water partition coefficient (Wildman–Crippen LogP) is 3.84. The molecule has 0 aromatic heterocycles. The van der Waals surface area contributed by atoms with Gasteiger partial charge < -0.3 is 5.73 Å². The van der Waals surface area contributed by atoms with E-state index in [2.05, 4.69) is 38.1 Å². The zero-order valence-corrected chi connectivity index (χ0v) is 11.2. The van der Waals surface area contributed by atoms with Crippen molar-refractivity contribution in [2.75, 3.05) is 0 Å². The second-order valence-electron chi connectivity index (χ2n) is 6.06. The molecular formula is C16H25N. The van der Waals surface area contributed by atoms with E-state index in [1.807, 2.05) is 0 Å². The molecule has 2 unspecified atom stereocenters. The number of benzene rings is 1. The fourth-order valence-corrected chi connectivity index (χ4v) is 3.01. The molecule has 1 aromatic rings. The van der Waals surface area contributed by atoms with Gasteiger partial charge in [-0.15, -0.1) is 0 Å². The molecule has 1 heteroatoms. The molecule has 1 fully saturated rings. The van der Waals surface area contributed by atoms with Gasteiger partial charge >= 0.3 is 0 Å². The van der Waals surface area contributed by atoms with Crippen LogP contribution in [0, 0.1) is 12.8 Å². The second-order valence-corrected chi connectivity index (χ2v) is 6.06. The van der Waals surface area contributed by atoms with Gasteiger partial charge in [-0.2, -0.15) is 0 Å². The molecule has 94 valence electrons. The van der Waals surface area contributed by atoms with Gasteiger partial charge in [0.05, 0.1) is 0 Å². The first-order valence-electron chi connectivity index (χ1n) is 6.92. The number of hydrogen-bond donors (Lipinski definition) is 1. The van der Waals surface area contributed by atoms with Gasteiger partial charge in [-0.3, -0.25) is 0 Å². The van der Waals surface area contributed by atoms with Gasteiger partial charge in [0.25, 0.3) is 0 Å². The normalized spacial score (nSPS) is 29.9. The Hall–Kier alpha value is -0.820. The standard InChI is InChI=1S/C16H25N/c1-13-6-4-9-16(17,10-8-13)12-15-7-3-5-14(2)11-15/h3,5,7,11,13H,4,6,8-10,12,17H2,1-2H3. The van der Waals surface area contributed by atoms with Crippen LogP contribution >= 0.6 is 0 Å². The summed E-state index contributed by atoms with van der Waals surface area (Å²) in [6.07, 6.45) is 7.35. The van der Waals surface area contributed by atoms with E-state index >= 15 is 0 Å². The molecule has 1 aliphatic rings. The van der Waals surface area contributed by atoms with Crippen LogP contribution in [0.25, 0.3) is 0 Å². The highest BCUT2D eigenvalue weighted by Crippen LogP contribution is 2.31. The van der Waals surface area contributed by atoms with Crippen LogP contribution in [0.5, 0.6) is 0 Å². The molecule has 1 saturated carbocycles. The van der Waals surface area contributed by atoms with E-state index in [-0.39, 0.29) is 5.54 Å². The fraction of sp³-hybridized carbons (Fsp3) is 0.625. The lowest BCUT2D eigenvalue weighted by Crippen LogP contribution is -2.41. The molecule has 0 amide bonds. The molecule has 0 saturated heterocycles. The van der Waals surface area contributed by atoms with Gasteiger partial charge in [-0.1, -0.05) is 49.6 Å². The van der Waals surface area contributed by atoms with Crippen molar-refractivity contribution in [2.45, 2.75) is 57.9 Å². The summed E-state index contributed by atoms with van der Waals surface area (Å²) in [5.74, 6) is 0.859. The van der Waals surface area contributed by atoms with E-state index < -0.39 is 0 Å². The van der Waals surface area contributed by atoms with Crippen LogP contribution in [0.15, 0.2) is 24.3 Å². The minimum absolute atomic E-state index is 0.0402. The monoisotopic (exact) mass is 231 g/mol. The third-order valence-electron chi connectivity index (χ3n) is 4.15. The maximum Gasteiger partial charge on any atom is 0.0195 e. The van der Waals surface area contributed by atoms with Crippen molar-refractivity contribution in [1.82, 2.24) is 0 Å². The van der Waals surface area contributed by atoms with Crippen molar-refractivity contribution in [3.63, 3.8) is 0 Å². The molecule has 1 nitrogen and oxygen atoms in total. The maximum absolute atomic E-state index is 6.60. The van der Waals surface area contributed by atoms with Crippen LogP contribution in [0.1, 0.15) is 50.2 Å². The van der Waals surface area contributed by atoms with Crippen molar-refractivity contribution in [1.29, 1.82) is 0 Å². The van der Waals surface area contributed by atoms with E-state index in [0.29, 0.717) is 0 Å². The summed E-state index contributed by atoms with van der Waals surface area (Å²) in [5, 5.41) is 0. The Kier molecular flexibility index (Phi) is 3.88. The molecule has 0 spiro atoms. The van der Waals surface area contributed by atoms with Crippen molar-refractivity contribution in [3.05, 3.63) is 35.4 Å². The van der Waals surface area contributed by atoms with Crippen LogP contribution in [-0.4, -0.2) is 5.54 Å². The average Bonchev–Trinajstić information content (AvgIpc) is 2.41.